The molecule has 8 heteroatoms. The number of nitrogens with zero attached hydrogens (tertiary/aromatic N) is 3. The van der Waals surface area contributed by atoms with Crippen molar-refractivity contribution in [3.8, 4) is 0 Å². The zero-order valence-electron chi connectivity index (χ0n) is 12.2. The third-order valence-corrected chi connectivity index (χ3v) is 5.66. The minimum Gasteiger partial charge on any atom is -0.389 e. The van der Waals surface area contributed by atoms with Crippen molar-refractivity contribution < 1.29 is 13.5 Å². The summed E-state index contributed by atoms with van der Waals surface area (Å²) in [6.45, 7) is 5.93. The highest BCUT2D eigenvalue weighted by molar-refractivity contribution is 7.89. The van der Waals surface area contributed by atoms with Crippen molar-refractivity contribution in [2.75, 3.05) is 32.7 Å². The van der Waals surface area contributed by atoms with Crippen LogP contribution in [0.1, 0.15) is 13.8 Å². The van der Waals surface area contributed by atoms with E-state index in [0.717, 1.165) is 0 Å². The van der Waals surface area contributed by atoms with Gasteiger partial charge in [0.1, 0.15) is 4.90 Å². The number of aromatic nitrogens is 1. The molecule has 0 aromatic carbocycles. The van der Waals surface area contributed by atoms with E-state index in [1.165, 1.54) is 22.8 Å². The summed E-state index contributed by atoms with van der Waals surface area (Å²) >= 11 is 5.95. The van der Waals surface area contributed by atoms with Crippen molar-refractivity contribution in [3.05, 3.63) is 23.5 Å². The lowest BCUT2D eigenvalue weighted by Crippen LogP contribution is -2.51. The second kappa shape index (κ2) is 6.18. The molecule has 1 aliphatic rings. The quantitative estimate of drug-likeness (QED) is 0.882. The third kappa shape index (κ3) is 4.14. The van der Waals surface area contributed by atoms with Gasteiger partial charge < -0.3 is 5.11 Å². The summed E-state index contributed by atoms with van der Waals surface area (Å²) in [5.74, 6) is 0. The molecule has 0 amide bonds. The van der Waals surface area contributed by atoms with Crippen molar-refractivity contribution in [1.82, 2.24) is 14.2 Å². The maximum atomic E-state index is 12.5. The Morgan fingerprint density at radius 1 is 1.33 bits per heavy atom. The van der Waals surface area contributed by atoms with Gasteiger partial charge in [0.25, 0.3) is 0 Å². The van der Waals surface area contributed by atoms with Crippen molar-refractivity contribution in [3.63, 3.8) is 0 Å². The van der Waals surface area contributed by atoms with E-state index >= 15 is 0 Å². The fraction of sp³-hybridized carbons (Fsp3) is 0.615. The Kier molecular flexibility index (Phi) is 4.89. The molecule has 0 bridgehead atoms. The summed E-state index contributed by atoms with van der Waals surface area (Å²) < 4.78 is 26.5. The first kappa shape index (κ1) is 16.6. The summed E-state index contributed by atoms with van der Waals surface area (Å²) in [7, 11) is -3.61. The molecule has 118 valence electrons. The van der Waals surface area contributed by atoms with Gasteiger partial charge in [-0.1, -0.05) is 11.6 Å². The summed E-state index contributed by atoms with van der Waals surface area (Å²) in [6, 6.07) is 1.47. The highest BCUT2D eigenvalue weighted by atomic mass is 35.5. The predicted molar refractivity (Wildman–Crippen MR) is 80.7 cm³/mol. The topological polar surface area (TPSA) is 73.7 Å². The number of sulfonamides is 1. The van der Waals surface area contributed by atoms with Crippen molar-refractivity contribution in [2.24, 2.45) is 0 Å². The number of pyridine rings is 1. The molecule has 1 aromatic rings. The number of hydrogen-bond donors (Lipinski definition) is 1. The van der Waals surface area contributed by atoms with E-state index in [-0.39, 0.29) is 9.92 Å². The van der Waals surface area contributed by atoms with Crippen molar-refractivity contribution >= 4 is 21.6 Å². The van der Waals surface area contributed by atoms with E-state index < -0.39 is 15.6 Å². The molecule has 0 aliphatic carbocycles. The second-order valence-electron chi connectivity index (χ2n) is 5.80. The second-order valence-corrected chi connectivity index (χ2v) is 8.11. The summed E-state index contributed by atoms with van der Waals surface area (Å²) in [4.78, 5) is 5.93. The van der Waals surface area contributed by atoms with Gasteiger partial charge in [-0.3, -0.25) is 9.88 Å². The molecule has 2 rings (SSSR count). The molecule has 21 heavy (non-hydrogen) atoms. The fourth-order valence-corrected chi connectivity index (χ4v) is 4.20. The number of rotatable bonds is 4. The zero-order valence-corrected chi connectivity index (χ0v) is 13.7. The van der Waals surface area contributed by atoms with Crippen LogP contribution in [0.15, 0.2) is 23.4 Å². The van der Waals surface area contributed by atoms with E-state index in [0.29, 0.717) is 32.7 Å². The van der Waals surface area contributed by atoms with Crippen LogP contribution in [-0.4, -0.2) is 66.0 Å². The monoisotopic (exact) mass is 333 g/mol. The molecular weight excluding hydrogens is 314 g/mol. The first-order chi connectivity index (χ1) is 9.70. The van der Waals surface area contributed by atoms with E-state index in [4.69, 9.17) is 11.6 Å². The highest BCUT2D eigenvalue weighted by Crippen LogP contribution is 2.24. The summed E-state index contributed by atoms with van der Waals surface area (Å²) in [5.41, 5.74) is -0.784. The van der Waals surface area contributed by atoms with Crippen LogP contribution in [-0.2, 0) is 10.0 Å². The van der Waals surface area contributed by atoms with E-state index in [1.807, 2.05) is 0 Å². The normalized spacial score (nSPS) is 18.9. The van der Waals surface area contributed by atoms with Gasteiger partial charge in [0.2, 0.25) is 10.0 Å². The molecule has 6 nitrogen and oxygen atoms in total. The molecule has 1 aliphatic heterocycles. The van der Waals surface area contributed by atoms with Gasteiger partial charge in [-0.15, -0.1) is 0 Å². The molecule has 2 heterocycles. The van der Waals surface area contributed by atoms with Crippen molar-refractivity contribution in [1.29, 1.82) is 0 Å². The average Bonchev–Trinajstić information content (AvgIpc) is 2.37. The minimum atomic E-state index is -3.61. The lowest BCUT2D eigenvalue weighted by Gasteiger charge is -2.36. The van der Waals surface area contributed by atoms with E-state index in [9.17, 15) is 13.5 Å². The summed E-state index contributed by atoms with van der Waals surface area (Å²) in [6.07, 6.45) is 2.74. The van der Waals surface area contributed by atoms with Gasteiger partial charge in [-0.2, -0.15) is 4.31 Å². The molecule has 1 N–H and O–H groups in total. The van der Waals surface area contributed by atoms with Gasteiger partial charge in [0.05, 0.1) is 10.6 Å². The predicted octanol–water partition coefficient (Wildman–Crippen LogP) is 0.812. The molecular formula is C13H20ClN3O3S. The summed E-state index contributed by atoms with van der Waals surface area (Å²) in [5, 5.41) is 10.00. The van der Waals surface area contributed by atoms with E-state index in [1.54, 1.807) is 13.8 Å². The van der Waals surface area contributed by atoms with Gasteiger partial charge in [0, 0.05) is 45.1 Å². The maximum Gasteiger partial charge on any atom is 0.246 e. The number of hydrogen-bond acceptors (Lipinski definition) is 5. The Balaban J connectivity index is 2.07. The number of halogens is 1. The Labute approximate surface area is 130 Å². The van der Waals surface area contributed by atoms with Gasteiger partial charge in [-0.25, -0.2) is 8.42 Å². The van der Waals surface area contributed by atoms with Crippen LogP contribution >= 0.6 is 11.6 Å². The standard InChI is InChI=1S/C13H20ClN3O3S/c1-13(2,18)10-16-5-7-17(8-6-16)21(19,20)12-9-15-4-3-11(12)14/h3-4,9,18H,5-8,10H2,1-2H3. The highest BCUT2D eigenvalue weighted by Gasteiger charge is 2.31. The van der Waals surface area contributed by atoms with Crippen LogP contribution in [0, 0.1) is 0 Å². The number of β-amino-alcohol motifs (C(OH)–C–C–N with tert-alkyl or cyclic N) is 1. The van der Waals surface area contributed by atoms with Crippen LogP contribution in [0.4, 0.5) is 0 Å². The number of piperazine rings is 1. The van der Waals surface area contributed by atoms with Crippen molar-refractivity contribution in [2.45, 2.75) is 24.3 Å². The minimum absolute atomic E-state index is 0.0441. The first-order valence-electron chi connectivity index (χ1n) is 6.74. The molecule has 0 spiro atoms. The Hall–Kier alpha value is -0.730. The first-order valence-corrected chi connectivity index (χ1v) is 8.56. The van der Waals surface area contributed by atoms with Crippen LogP contribution in [0.3, 0.4) is 0 Å². The van der Waals surface area contributed by atoms with Gasteiger partial charge in [-0.05, 0) is 19.9 Å². The molecule has 0 saturated carbocycles. The molecule has 0 radical (unpaired) electrons. The Morgan fingerprint density at radius 2 is 1.95 bits per heavy atom. The molecule has 0 atom stereocenters. The smallest absolute Gasteiger partial charge is 0.246 e. The maximum absolute atomic E-state index is 12.5. The molecule has 0 unspecified atom stereocenters. The molecule has 1 saturated heterocycles. The SMILES string of the molecule is CC(C)(O)CN1CCN(S(=O)(=O)c2cnccc2Cl)CC1. The third-order valence-electron chi connectivity index (χ3n) is 3.29. The Bertz CT molecular complexity index is 593. The molecule has 1 fully saturated rings. The van der Waals surface area contributed by atoms with E-state index in [2.05, 4.69) is 9.88 Å². The van der Waals surface area contributed by atoms with Crippen LogP contribution < -0.4 is 0 Å². The molecule has 1 aromatic heterocycles. The lowest BCUT2D eigenvalue weighted by atomic mass is 10.1. The Morgan fingerprint density at radius 3 is 2.48 bits per heavy atom. The van der Waals surface area contributed by atoms with Crippen LogP contribution in [0.5, 0.6) is 0 Å². The fourth-order valence-electron chi connectivity index (χ4n) is 2.37. The van der Waals surface area contributed by atoms with Gasteiger partial charge >= 0.3 is 0 Å². The number of aliphatic hydroxyl groups is 1. The average molecular weight is 334 g/mol. The zero-order chi connectivity index (χ0) is 15.7. The van der Waals surface area contributed by atoms with Gasteiger partial charge in [0.15, 0.2) is 0 Å². The van der Waals surface area contributed by atoms with Crippen LogP contribution in [0.2, 0.25) is 5.02 Å². The van der Waals surface area contributed by atoms with Crippen LogP contribution in [0.25, 0.3) is 0 Å². The lowest BCUT2D eigenvalue weighted by molar-refractivity contribution is 0.0263. The largest absolute Gasteiger partial charge is 0.389 e.